The predicted octanol–water partition coefficient (Wildman–Crippen LogP) is 3.46. The highest BCUT2D eigenvalue weighted by molar-refractivity contribution is 7.81. The van der Waals surface area contributed by atoms with Crippen molar-refractivity contribution in [3.63, 3.8) is 0 Å². The fourth-order valence-electron chi connectivity index (χ4n) is 7.59. The van der Waals surface area contributed by atoms with Gasteiger partial charge in [0.1, 0.15) is 0 Å². The standard InChI is InChI=1S/C21H32O6S/c1-13(22)21(27-28(24,25)26)11-8-18-16-5-4-14-12-15(23)6-9-19(14,2)17(16)7-10-20(18,21)3/h4,15-18,23H,5-12H2,1-3H3,(H,24,25,26)/t15-,16+,17-,18-,19+,20+,21-/m1/s1. The molecule has 7 atom stereocenters. The Morgan fingerprint density at radius 3 is 2.46 bits per heavy atom. The van der Waals surface area contributed by atoms with Crippen LogP contribution in [0.1, 0.15) is 72.1 Å². The molecular weight excluding hydrogens is 380 g/mol. The SMILES string of the molecule is CC(=O)[C@]1(OS(=O)(=O)O)CC[C@@H]2[C@H]3CC=C4C[C@H](O)CC[C@]4(C)[C@@H]3CC[C@@]21C. The van der Waals surface area contributed by atoms with E-state index in [0.717, 1.165) is 38.5 Å². The van der Waals surface area contributed by atoms with E-state index in [2.05, 4.69) is 13.0 Å². The number of Topliss-reactive ketones (excluding diaryl/α,β-unsaturated/α-hetero) is 1. The van der Waals surface area contributed by atoms with Crippen molar-refractivity contribution in [2.24, 2.45) is 28.6 Å². The number of aliphatic hydroxyl groups is 1. The molecule has 4 aliphatic carbocycles. The molecule has 0 bridgehead atoms. The minimum absolute atomic E-state index is 0.0782. The Hall–Kier alpha value is -0.760. The third-order valence-electron chi connectivity index (χ3n) is 9.01. The van der Waals surface area contributed by atoms with Crippen LogP contribution in [0.25, 0.3) is 0 Å². The van der Waals surface area contributed by atoms with E-state index in [9.17, 15) is 22.9 Å². The minimum atomic E-state index is -4.73. The Balaban J connectivity index is 1.71. The van der Waals surface area contributed by atoms with Crippen LogP contribution in [0.15, 0.2) is 11.6 Å². The Morgan fingerprint density at radius 1 is 1.14 bits per heavy atom. The molecule has 7 heteroatoms. The first-order valence-corrected chi connectivity index (χ1v) is 11.9. The van der Waals surface area contributed by atoms with Gasteiger partial charge in [-0.3, -0.25) is 9.35 Å². The van der Waals surface area contributed by atoms with Gasteiger partial charge in [-0.15, -0.1) is 0 Å². The summed E-state index contributed by atoms with van der Waals surface area (Å²) >= 11 is 0. The number of hydrogen-bond donors (Lipinski definition) is 2. The molecule has 28 heavy (non-hydrogen) atoms. The van der Waals surface area contributed by atoms with Crippen LogP contribution in [0, 0.1) is 28.6 Å². The van der Waals surface area contributed by atoms with E-state index in [1.165, 1.54) is 12.5 Å². The van der Waals surface area contributed by atoms with Crippen LogP contribution in [0.4, 0.5) is 0 Å². The van der Waals surface area contributed by atoms with E-state index in [4.69, 9.17) is 4.18 Å². The van der Waals surface area contributed by atoms with Gasteiger partial charge < -0.3 is 5.11 Å². The molecule has 0 aromatic carbocycles. The fraction of sp³-hybridized carbons (Fsp3) is 0.857. The molecule has 0 saturated heterocycles. The number of aliphatic hydroxyl groups excluding tert-OH is 1. The first kappa shape index (κ1) is 20.5. The minimum Gasteiger partial charge on any atom is -0.393 e. The molecular formula is C21H32O6S. The topological polar surface area (TPSA) is 101 Å². The van der Waals surface area contributed by atoms with Crippen molar-refractivity contribution in [3.05, 3.63) is 11.6 Å². The Bertz CT molecular complexity index is 819. The maximum absolute atomic E-state index is 12.7. The van der Waals surface area contributed by atoms with Crippen LogP contribution < -0.4 is 0 Å². The third kappa shape index (κ3) is 2.76. The summed E-state index contributed by atoms with van der Waals surface area (Å²) in [5.41, 5.74) is -0.620. The highest BCUT2D eigenvalue weighted by atomic mass is 32.3. The Labute approximate surface area is 167 Å². The molecule has 6 nitrogen and oxygen atoms in total. The number of rotatable bonds is 3. The molecule has 158 valence electrons. The maximum Gasteiger partial charge on any atom is 0.398 e. The van der Waals surface area contributed by atoms with Gasteiger partial charge in [-0.2, -0.15) is 8.42 Å². The molecule has 0 unspecified atom stereocenters. The highest BCUT2D eigenvalue weighted by Crippen LogP contribution is 2.68. The second-order valence-electron chi connectivity index (χ2n) is 10.0. The van der Waals surface area contributed by atoms with Crippen molar-refractivity contribution in [1.82, 2.24) is 0 Å². The normalized spacial score (nSPS) is 48.2. The molecule has 0 spiro atoms. The lowest BCUT2D eigenvalue weighted by molar-refractivity contribution is -0.153. The number of allylic oxidation sites excluding steroid dienone is 1. The van der Waals surface area contributed by atoms with Crippen LogP contribution in [0.3, 0.4) is 0 Å². The number of fused-ring (bicyclic) bond motifs is 5. The number of carbonyl (C=O) groups is 1. The third-order valence-corrected chi connectivity index (χ3v) is 9.51. The lowest BCUT2D eigenvalue weighted by atomic mass is 9.47. The summed E-state index contributed by atoms with van der Waals surface area (Å²) in [5, 5.41) is 10.1. The van der Waals surface area contributed by atoms with Gasteiger partial charge in [-0.25, -0.2) is 4.18 Å². The van der Waals surface area contributed by atoms with Gasteiger partial charge in [0.2, 0.25) is 0 Å². The van der Waals surface area contributed by atoms with Crippen LogP contribution >= 0.6 is 0 Å². The average Bonchev–Trinajstić information content (AvgIpc) is 2.88. The predicted molar refractivity (Wildman–Crippen MR) is 104 cm³/mol. The average molecular weight is 413 g/mol. The first-order chi connectivity index (χ1) is 12.9. The molecule has 0 aromatic heterocycles. The molecule has 3 saturated carbocycles. The summed E-state index contributed by atoms with van der Waals surface area (Å²) in [6, 6.07) is 0. The second-order valence-corrected chi connectivity index (χ2v) is 11.1. The van der Waals surface area contributed by atoms with Crippen LogP contribution in [0.2, 0.25) is 0 Å². The van der Waals surface area contributed by atoms with Crippen molar-refractivity contribution in [1.29, 1.82) is 0 Å². The largest absolute Gasteiger partial charge is 0.398 e. The van der Waals surface area contributed by atoms with E-state index >= 15 is 0 Å². The van der Waals surface area contributed by atoms with E-state index in [-0.39, 0.29) is 23.2 Å². The van der Waals surface area contributed by atoms with Crippen molar-refractivity contribution < 1.29 is 27.1 Å². The van der Waals surface area contributed by atoms with Gasteiger partial charge in [0.05, 0.1) is 6.10 Å². The van der Waals surface area contributed by atoms with Crippen molar-refractivity contribution in [2.75, 3.05) is 0 Å². The second kappa shape index (κ2) is 6.37. The van der Waals surface area contributed by atoms with E-state index in [1.807, 2.05) is 6.92 Å². The maximum atomic E-state index is 12.7. The quantitative estimate of drug-likeness (QED) is 0.544. The smallest absolute Gasteiger partial charge is 0.393 e. The fourth-order valence-corrected chi connectivity index (χ4v) is 8.34. The molecule has 0 heterocycles. The van der Waals surface area contributed by atoms with Gasteiger partial charge in [-0.05, 0) is 81.5 Å². The molecule has 2 N–H and O–H groups in total. The molecule has 0 aromatic rings. The van der Waals surface area contributed by atoms with Crippen LogP contribution in [0.5, 0.6) is 0 Å². The summed E-state index contributed by atoms with van der Waals surface area (Å²) in [4.78, 5) is 12.7. The molecule has 4 aliphatic rings. The molecule has 0 aliphatic heterocycles. The molecule has 0 radical (unpaired) electrons. The summed E-state index contributed by atoms with van der Waals surface area (Å²) in [6.45, 7) is 5.69. The van der Waals surface area contributed by atoms with Gasteiger partial charge >= 0.3 is 10.4 Å². The van der Waals surface area contributed by atoms with E-state index < -0.39 is 21.4 Å². The van der Waals surface area contributed by atoms with E-state index in [1.54, 1.807) is 0 Å². The van der Waals surface area contributed by atoms with Crippen LogP contribution in [-0.2, 0) is 19.4 Å². The van der Waals surface area contributed by atoms with Gasteiger partial charge in [0.25, 0.3) is 0 Å². The number of hydrogen-bond acceptors (Lipinski definition) is 5. The van der Waals surface area contributed by atoms with Crippen molar-refractivity contribution >= 4 is 16.2 Å². The lowest BCUT2D eigenvalue weighted by Crippen LogP contribution is -2.58. The molecule has 0 amide bonds. The van der Waals surface area contributed by atoms with Crippen molar-refractivity contribution in [2.45, 2.75) is 83.8 Å². The summed E-state index contributed by atoms with van der Waals surface area (Å²) in [6.07, 6.45) is 8.19. The highest BCUT2D eigenvalue weighted by Gasteiger charge is 2.67. The molecule has 3 fully saturated rings. The summed E-state index contributed by atoms with van der Waals surface area (Å²) in [7, 11) is -4.73. The zero-order chi connectivity index (χ0) is 20.5. The first-order valence-electron chi connectivity index (χ1n) is 10.5. The summed E-state index contributed by atoms with van der Waals surface area (Å²) in [5.74, 6) is 0.714. The number of carbonyl (C=O) groups excluding carboxylic acids is 1. The lowest BCUT2D eigenvalue weighted by Gasteiger charge is -2.58. The summed E-state index contributed by atoms with van der Waals surface area (Å²) < 4.78 is 37.8. The van der Waals surface area contributed by atoms with Crippen molar-refractivity contribution in [3.8, 4) is 0 Å². The number of ketones is 1. The van der Waals surface area contributed by atoms with Gasteiger partial charge in [0.15, 0.2) is 11.4 Å². The zero-order valence-corrected chi connectivity index (χ0v) is 17.8. The van der Waals surface area contributed by atoms with E-state index in [0.29, 0.717) is 24.7 Å². The Morgan fingerprint density at radius 2 is 1.82 bits per heavy atom. The zero-order valence-electron chi connectivity index (χ0n) is 17.0. The Kier molecular flexibility index (Phi) is 4.66. The molecule has 4 rings (SSSR count). The monoisotopic (exact) mass is 412 g/mol. The van der Waals surface area contributed by atoms with Crippen LogP contribution in [-0.4, -0.2) is 35.6 Å². The van der Waals surface area contributed by atoms with Gasteiger partial charge in [0, 0.05) is 5.41 Å². The van der Waals surface area contributed by atoms with Gasteiger partial charge in [-0.1, -0.05) is 25.5 Å².